The molecule has 0 heterocycles. The highest BCUT2D eigenvalue weighted by Crippen LogP contribution is 2.21. The van der Waals surface area contributed by atoms with Crippen molar-refractivity contribution in [2.24, 2.45) is 0 Å². The summed E-state index contributed by atoms with van der Waals surface area (Å²) < 4.78 is 16.2. The molecule has 0 saturated heterocycles. The lowest BCUT2D eigenvalue weighted by Crippen LogP contribution is -2.36. The largest absolute Gasteiger partial charge is 0.310 e. The molecule has 112 valence electrons. The maximum atomic E-state index is 12.9. The first-order valence-corrected chi connectivity index (χ1v) is 9.14. The van der Waals surface area contributed by atoms with Gasteiger partial charge in [0.2, 0.25) is 0 Å². The van der Waals surface area contributed by atoms with Gasteiger partial charge in [-0.05, 0) is 44.8 Å². The Morgan fingerprint density at radius 1 is 1.30 bits per heavy atom. The van der Waals surface area contributed by atoms with Crippen molar-refractivity contribution in [2.45, 2.75) is 51.1 Å². The van der Waals surface area contributed by atoms with Crippen LogP contribution < -0.4 is 10.0 Å². The van der Waals surface area contributed by atoms with Crippen LogP contribution in [0.3, 0.4) is 0 Å². The van der Waals surface area contributed by atoms with Gasteiger partial charge in [-0.25, -0.2) is 8.93 Å². The molecular weight excluding hydrogens is 268 g/mol. The molecule has 2 N–H and O–H groups in total. The van der Waals surface area contributed by atoms with Crippen LogP contribution >= 0.6 is 0 Å². The third-order valence-corrected chi connectivity index (χ3v) is 5.69. The molecular formula is C16H26N2OS. The van der Waals surface area contributed by atoms with Crippen molar-refractivity contribution in [2.75, 3.05) is 7.05 Å². The van der Waals surface area contributed by atoms with E-state index >= 15 is 0 Å². The van der Waals surface area contributed by atoms with E-state index in [0.29, 0.717) is 6.04 Å². The second-order valence-electron chi connectivity index (χ2n) is 5.76. The van der Waals surface area contributed by atoms with Crippen molar-refractivity contribution in [3.63, 3.8) is 0 Å². The van der Waals surface area contributed by atoms with Crippen molar-refractivity contribution >= 4 is 15.6 Å². The Morgan fingerprint density at radius 2 is 2.00 bits per heavy atom. The third kappa shape index (κ3) is 4.08. The van der Waals surface area contributed by atoms with Gasteiger partial charge in [0.15, 0.2) is 0 Å². The summed E-state index contributed by atoms with van der Waals surface area (Å²) >= 11 is 0. The molecule has 0 bridgehead atoms. The van der Waals surface area contributed by atoms with Crippen LogP contribution in [0.25, 0.3) is 0 Å². The average molecular weight is 294 g/mol. The van der Waals surface area contributed by atoms with Gasteiger partial charge in [0, 0.05) is 17.0 Å². The van der Waals surface area contributed by atoms with E-state index in [1.54, 1.807) is 0 Å². The summed E-state index contributed by atoms with van der Waals surface area (Å²) in [4.78, 5) is 0.801. The topological polar surface area (TPSA) is 41.1 Å². The molecule has 0 amide bonds. The summed E-state index contributed by atoms with van der Waals surface area (Å²) in [7, 11) is -0.493. The fourth-order valence-electron chi connectivity index (χ4n) is 2.80. The third-order valence-electron chi connectivity index (χ3n) is 3.96. The fraction of sp³-hybridized carbons (Fsp3) is 0.562. The maximum absolute atomic E-state index is 12.9. The molecule has 0 spiro atoms. The molecule has 0 radical (unpaired) electrons. The summed E-state index contributed by atoms with van der Waals surface area (Å²) in [5, 5.41) is 3.20. The quantitative estimate of drug-likeness (QED) is 0.782. The lowest BCUT2D eigenvalue weighted by Gasteiger charge is -2.25. The van der Waals surface area contributed by atoms with E-state index in [-0.39, 0.29) is 6.04 Å². The van der Waals surface area contributed by atoms with Gasteiger partial charge in [0.25, 0.3) is 0 Å². The first-order chi connectivity index (χ1) is 9.51. The van der Waals surface area contributed by atoms with Crippen LogP contribution in [0, 0.1) is 0 Å². The van der Waals surface area contributed by atoms with Crippen LogP contribution in [-0.2, 0) is 9.71 Å². The van der Waals surface area contributed by atoms with Gasteiger partial charge in [-0.2, -0.15) is 0 Å². The van der Waals surface area contributed by atoms with Crippen molar-refractivity contribution in [1.29, 1.82) is 0 Å². The van der Waals surface area contributed by atoms with Gasteiger partial charge in [-0.15, -0.1) is 0 Å². The molecule has 0 aromatic heterocycles. The molecule has 0 aromatic carbocycles. The summed E-state index contributed by atoms with van der Waals surface area (Å²) in [5.74, 6) is 3.96. The number of allylic oxidation sites excluding steroid dienone is 3. The predicted molar refractivity (Wildman–Crippen MR) is 89.1 cm³/mol. The van der Waals surface area contributed by atoms with E-state index in [9.17, 15) is 4.21 Å². The molecule has 20 heavy (non-hydrogen) atoms. The van der Waals surface area contributed by atoms with Gasteiger partial charge in [0.1, 0.15) is 0 Å². The fourth-order valence-corrected chi connectivity index (χ4v) is 4.39. The summed E-state index contributed by atoms with van der Waals surface area (Å²) in [6.07, 6.45) is 14.1. The predicted octanol–water partition coefficient (Wildman–Crippen LogP) is 2.53. The Labute approximate surface area is 123 Å². The second-order valence-corrected chi connectivity index (χ2v) is 7.82. The molecule has 1 saturated carbocycles. The normalized spacial score (nSPS) is 27.4. The van der Waals surface area contributed by atoms with Gasteiger partial charge in [0.05, 0.1) is 9.71 Å². The molecule has 3 nitrogen and oxygen atoms in total. The van der Waals surface area contributed by atoms with E-state index in [4.69, 9.17) is 0 Å². The van der Waals surface area contributed by atoms with E-state index in [1.165, 1.54) is 19.3 Å². The summed E-state index contributed by atoms with van der Waals surface area (Å²) in [6, 6.07) is 0.532. The highest BCUT2D eigenvalue weighted by molar-refractivity contribution is 8.02. The van der Waals surface area contributed by atoms with E-state index in [1.807, 2.05) is 32.2 Å². The molecule has 2 unspecified atom stereocenters. The first-order valence-electron chi connectivity index (χ1n) is 7.41. The van der Waals surface area contributed by atoms with E-state index < -0.39 is 9.71 Å². The number of rotatable bonds is 4. The molecule has 2 rings (SSSR count). The number of likely N-dealkylation sites (N-methyl/N-ethyl adjacent to an activating group) is 1. The summed E-state index contributed by atoms with van der Waals surface area (Å²) in [5.41, 5.74) is 1.12. The zero-order valence-electron chi connectivity index (χ0n) is 12.5. The number of hydrogen-bond acceptors (Lipinski definition) is 2. The molecule has 2 aliphatic rings. The minimum absolute atomic E-state index is 0.189. The Balaban J connectivity index is 2.14. The van der Waals surface area contributed by atoms with Crippen LogP contribution in [0.4, 0.5) is 0 Å². The Kier molecular flexibility index (Phi) is 5.24. The second kappa shape index (κ2) is 6.74. The van der Waals surface area contributed by atoms with Gasteiger partial charge in [-0.1, -0.05) is 37.0 Å². The minimum atomic E-state index is -2.42. The maximum Gasteiger partial charge on any atom is 0.0535 e. The summed E-state index contributed by atoms with van der Waals surface area (Å²) in [6.45, 7) is 2.04. The lowest BCUT2D eigenvalue weighted by molar-refractivity contribution is 0.419. The highest BCUT2D eigenvalue weighted by Gasteiger charge is 2.19. The van der Waals surface area contributed by atoms with E-state index in [0.717, 1.165) is 23.3 Å². The van der Waals surface area contributed by atoms with Crippen LogP contribution in [0.2, 0.25) is 0 Å². The molecule has 2 aliphatic carbocycles. The molecule has 4 heteroatoms. The Morgan fingerprint density at radius 3 is 2.65 bits per heavy atom. The minimum Gasteiger partial charge on any atom is -0.310 e. The Hall–Kier alpha value is -0.840. The van der Waals surface area contributed by atoms with Crippen molar-refractivity contribution < 1.29 is 4.21 Å². The van der Waals surface area contributed by atoms with Crippen LogP contribution in [0.5, 0.6) is 0 Å². The van der Waals surface area contributed by atoms with Gasteiger partial charge in [-0.3, -0.25) is 0 Å². The average Bonchev–Trinajstić information content (AvgIpc) is 2.61. The monoisotopic (exact) mass is 294 g/mol. The number of nitrogens with one attached hydrogen (secondary N) is 2. The molecule has 2 atom stereocenters. The highest BCUT2D eigenvalue weighted by atomic mass is 32.2. The zero-order valence-corrected chi connectivity index (χ0v) is 13.3. The molecule has 0 aromatic rings. The SMILES string of the molecule is C=S(=O)(NC1CCCCC1)C1=CC(C)=CC(NC)C=C1. The van der Waals surface area contributed by atoms with Crippen LogP contribution in [-0.4, -0.2) is 29.2 Å². The van der Waals surface area contributed by atoms with Gasteiger partial charge >= 0.3 is 0 Å². The number of hydrogen-bond donors (Lipinski definition) is 2. The lowest BCUT2D eigenvalue weighted by atomic mass is 9.96. The van der Waals surface area contributed by atoms with Crippen LogP contribution in [0.1, 0.15) is 39.0 Å². The van der Waals surface area contributed by atoms with Gasteiger partial charge < -0.3 is 5.32 Å². The first kappa shape index (κ1) is 15.5. The van der Waals surface area contributed by atoms with Crippen LogP contribution in [0.15, 0.2) is 34.8 Å². The molecule has 0 aliphatic heterocycles. The standard InChI is InChI=1S/C16H26N2OS/c1-13-11-15(17-2)9-10-16(12-13)20(3,19)18-14-7-5-4-6-8-14/h9-12,14-15,17H,3-8H2,1-2H3,(H,18,19). The zero-order chi connectivity index (χ0) is 14.6. The molecule has 1 fully saturated rings. The Bertz CT molecular complexity index is 523. The van der Waals surface area contributed by atoms with Crippen molar-refractivity contribution in [3.8, 4) is 0 Å². The van der Waals surface area contributed by atoms with Crippen molar-refractivity contribution in [1.82, 2.24) is 10.0 Å². The van der Waals surface area contributed by atoms with E-state index in [2.05, 4.69) is 22.0 Å². The smallest absolute Gasteiger partial charge is 0.0535 e. The van der Waals surface area contributed by atoms with Crippen molar-refractivity contribution in [3.05, 3.63) is 34.8 Å².